The van der Waals surface area contributed by atoms with Crippen molar-refractivity contribution in [3.05, 3.63) is 177 Å². The van der Waals surface area contributed by atoms with Gasteiger partial charge in [0.15, 0.2) is 22.7 Å². The number of carbonyl (C=O) groups excluding carboxylic acids is 4. The molecule has 10 fully saturated rings. The Balaban J connectivity index is 0.000000139. The van der Waals surface area contributed by atoms with Gasteiger partial charge in [-0.2, -0.15) is 0 Å². The number of benzene rings is 4. The molecular weight excluding hydrogens is 1400 g/mol. The third-order valence-corrected chi connectivity index (χ3v) is 23.7. The number of furan rings is 2. The Kier molecular flexibility index (Phi) is 14.0. The first-order valence-electron chi connectivity index (χ1n) is 31.4. The average Bonchev–Trinajstić information content (AvgIpc) is 1.42. The summed E-state index contributed by atoms with van der Waals surface area (Å²) in [7, 11) is 9.97. The number of aliphatic hydroxyl groups excluding tert-OH is 1. The summed E-state index contributed by atoms with van der Waals surface area (Å²) in [4.78, 5) is 54.5. The average molecular weight is 1470 g/mol. The fraction of sp³-hybridized carbons (Fsp3) is 0.486. The van der Waals surface area contributed by atoms with Crippen molar-refractivity contribution < 1.29 is 97.9 Å². The van der Waals surface area contributed by atoms with Crippen LogP contribution in [0.2, 0.25) is 0 Å². The molecule has 0 radical (unpaired) electrons. The number of hydrogen-bond acceptors (Lipinski definition) is 17. The molecular formula is C70H68Cl2HgO16S. The summed E-state index contributed by atoms with van der Waals surface area (Å²) < 4.78 is 70.9. The van der Waals surface area contributed by atoms with Crippen LogP contribution in [0, 0.1) is 22.7 Å². The molecule has 1 N–H and O–H groups in total. The Hall–Kier alpha value is -4.73. The van der Waals surface area contributed by atoms with E-state index in [-0.39, 0.29) is 101 Å². The standard InChI is InChI=1S/C36H36O8S.C34H32O8.2ClH.Hg/c1-19(2)34-28(43-34)29-36(44-29)33(3)16-15-22-25(23(33)17-24-35(36,42-24)32(34)39-18-45-4)27(26(37)20-11-7-5-8-12-20)40-31(22)41-30(38)21-13-9-6-10-14-21;1-17(2)32-26(41-32)27-34(42-27)31(3)15-14-20-23(21(31)16-22-33(34,40-22)30(32)37)25(24(35)18-10-6-4-7-11-18)38-29(20)39-28(36)19-12-8-5-9-13-19;;;/h5-14,19,23-24,28-29,32H,15-18H2,1-4H3;4-13,17,21-22,26-27,30,37H,14-16H2,1-3H3;2*1H;/q;;;;+2/p-2/t23-,24-,28-,29-,32+,33-,34-,35+,36+;21-,22-,26-,27-,30+,31-,32-,33+,34+;;;/m00.../s1. The van der Waals surface area contributed by atoms with Gasteiger partial charge in [-0.3, -0.25) is 9.59 Å². The molecule has 16 nitrogen and oxygen atoms in total. The topological polar surface area (TPSA) is 218 Å². The van der Waals surface area contributed by atoms with Crippen molar-refractivity contribution in [2.24, 2.45) is 22.7 Å². The van der Waals surface area contributed by atoms with E-state index in [4.69, 9.17) is 68.0 Å². The molecule has 4 aromatic carbocycles. The fourth-order valence-electron chi connectivity index (χ4n) is 19.0. The Bertz CT molecular complexity index is 3930. The van der Waals surface area contributed by atoms with Crippen molar-refractivity contribution in [1.82, 2.24) is 0 Å². The Morgan fingerprint density at radius 1 is 0.567 bits per heavy atom. The second-order valence-electron chi connectivity index (χ2n) is 27.4. The Morgan fingerprint density at radius 2 is 0.956 bits per heavy atom. The van der Waals surface area contributed by atoms with E-state index >= 15 is 0 Å². The first kappa shape index (κ1) is 60.2. The summed E-state index contributed by atoms with van der Waals surface area (Å²) in [6.07, 6.45) is 3.92. The summed E-state index contributed by atoms with van der Waals surface area (Å²) in [6, 6.07) is 35.7. The van der Waals surface area contributed by atoms with Crippen molar-refractivity contribution in [2.75, 3.05) is 12.2 Å². The normalized spacial score (nSPS) is 39.1. The summed E-state index contributed by atoms with van der Waals surface area (Å²) in [5.74, 6) is -0.316. The molecule has 6 aromatic rings. The molecule has 6 aliphatic carbocycles. The second-order valence-corrected chi connectivity index (χ2v) is 36.1. The predicted octanol–water partition coefficient (Wildman–Crippen LogP) is 11.9. The van der Waals surface area contributed by atoms with E-state index in [9.17, 15) is 24.3 Å². The van der Waals surface area contributed by atoms with Gasteiger partial charge in [0.2, 0.25) is 11.6 Å². The first-order chi connectivity index (χ1) is 43.4. The minimum atomic E-state index is -1.14. The van der Waals surface area contributed by atoms with E-state index in [1.165, 1.54) is 0 Å². The SMILES string of the molecule is CC(C)[C@]12O[C@H]1[C@@H]1O[C@]13[C@]1(O[C@H]1C[C@H]1c4c(C(=O)c5ccccc5)oc(OC(=O)c5ccccc5)c4CC[C@@]13C)[C@@H]2O.CSCO[C@@H]1[C@@]2(C(C)C)O[C@H]2[C@@H]2O[C@]23[C@]12O[C@H]2C[C@H]1c2c(C(=O)c4ccccc4)oc(OC(=O)c4ccccc4)c2CC[C@@]13C.[Cl][Hg][Cl]. The molecule has 2 aromatic heterocycles. The number of hydrogen-bond donors (Lipinski definition) is 1. The van der Waals surface area contributed by atoms with E-state index < -0.39 is 84.6 Å². The maximum atomic E-state index is 14.1. The molecule has 18 rings (SSSR count). The summed E-state index contributed by atoms with van der Waals surface area (Å²) in [5.41, 5.74) is 0.235. The molecule has 466 valence electrons. The molecule has 0 bridgehead atoms. The number of carbonyl (C=O) groups is 4. The zero-order chi connectivity index (χ0) is 62.5. The van der Waals surface area contributed by atoms with Gasteiger partial charge in [-0.1, -0.05) is 139 Å². The van der Waals surface area contributed by atoms with Gasteiger partial charge in [-0.15, -0.1) is 11.8 Å². The number of esters is 2. The third-order valence-electron chi connectivity index (χ3n) is 23.3. The van der Waals surface area contributed by atoms with Crippen LogP contribution in [0.25, 0.3) is 0 Å². The summed E-state index contributed by atoms with van der Waals surface area (Å²) in [5, 5.41) is 11.9. The van der Waals surface area contributed by atoms with Crippen LogP contribution < -0.4 is 9.47 Å². The number of halogens is 2. The summed E-state index contributed by atoms with van der Waals surface area (Å²) >= 11 is 0.513. The molecule has 4 saturated carbocycles. The second kappa shape index (κ2) is 20.9. The third kappa shape index (κ3) is 7.77. The number of epoxide rings is 6. The molecule has 12 aliphatic rings. The number of aliphatic hydroxyl groups is 1. The first-order valence-corrected chi connectivity index (χ1v) is 46.3. The minimum absolute atomic E-state index is 0.0611. The quantitative estimate of drug-likeness (QED) is 0.0374. The van der Waals surface area contributed by atoms with Gasteiger partial charge < -0.3 is 56.6 Å². The van der Waals surface area contributed by atoms with Crippen molar-refractivity contribution in [3.8, 4) is 11.9 Å². The van der Waals surface area contributed by atoms with Crippen LogP contribution in [-0.4, -0.2) is 123 Å². The predicted molar refractivity (Wildman–Crippen MR) is 324 cm³/mol. The Morgan fingerprint density at radius 3 is 1.39 bits per heavy atom. The molecule has 90 heavy (non-hydrogen) atoms. The van der Waals surface area contributed by atoms with Gasteiger partial charge in [0.05, 0.1) is 29.3 Å². The van der Waals surface area contributed by atoms with Crippen LogP contribution in [0.15, 0.2) is 130 Å². The van der Waals surface area contributed by atoms with Gasteiger partial charge in [-0.05, 0) is 92.7 Å². The number of rotatable bonds is 13. The van der Waals surface area contributed by atoms with Gasteiger partial charge in [0, 0.05) is 44.2 Å². The zero-order valence-electron chi connectivity index (χ0n) is 50.9. The maximum absolute atomic E-state index is 14.1. The van der Waals surface area contributed by atoms with Gasteiger partial charge >= 0.3 is 50.5 Å². The van der Waals surface area contributed by atoms with Gasteiger partial charge in [-0.25, -0.2) is 9.59 Å². The molecule has 0 unspecified atom stereocenters. The van der Waals surface area contributed by atoms with Crippen LogP contribution in [0.4, 0.5) is 0 Å². The van der Waals surface area contributed by atoms with Crippen molar-refractivity contribution in [2.45, 2.75) is 174 Å². The van der Waals surface area contributed by atoms with E-state index in [1.807, 2.05) is 54.8 Å². The van der Waals surface area contributed by atoms with E-state index in [0.29, 0.717) is 60.3 Å². The van der Waals surface area contributed by atoms with Gasteiger partial charge in [0.25, 0.3) is 11.9 Å². The van der Waals surface area contributed by atoms with Crippen LogP contribution >= 0.6 is 28.3 Å². The molecule has 6 aliphatic heterocycles. The zero-order valence-corrected chi connectivity index (χ0v) is 58.7. The Labute approximate surface area is 544 Å². The molecule has 0 amide bonds. The van der Waals surface area contributed by atoms with E-state index in [0.717, 1.165) is 28.7 Å². The number of ether oxygens (including phenoxy) is 9. The number of fused-ring (bicyclic) bond motifs is 10. The van der Waals surface area contributed by atoms with Crippen LogP contribution in [0.5, 0.6) is 11.9 Å². The van der Waals surface area contributed by atoms with E-state index in [2.05, 4.69) is 41.5 Å². The number of thioether (sulfide) groups is 1. The van der Waals surface area contributed by atoms with E-state index in [1.54, 1.807) is 84.6 Å². The molecule has 20 heteroatoms. The van der Waals surface area contributed by atoms with Crippen LogP contribution in [0.3, 0.4) is 0 Å². The van der Waals surface area contributed by atoms with Crippen molar-refractivity contribution in [1.29, 1.82) is 0 Å². The number of ketones is 2. The molecule has 8 heterocycles. The monoisotopic (exact) mass is 1470 g/mol. The van der Waals surface area contributed by atoms with Crippen molar-refractivity contribution >= 4 is 51.8 Å². The fourth-order valence-corrected chi connectivity index (χ4v) is 19.3. The van der Waals surface area contributed by atoms with Gasteiger partial charge in [0.1, 0.15) is 59.0 Å². The molecule has 4 spiro atoms. The van der Waals surface area contributed by atoms with Crippen LogP contribution in [0.1, 0.15) is 154 Å². The molecule has 18 atom stereocenters. The summed E-state index contributed by atoms with van der Waals surface area (Å²) in [6.45, 7) is 13.1. The molecule has 6 saturated heterocycles. The van der Waals surface area contributed by atoms with Crippen LogP contribution in [-0.2, 0) is 68.1 Å². The van der Waals surface area contributed by atoms with Crippen molar-refractivity contribution in [3.63, 3.8) is 0 Å².